The van der Waals surface area contributed by atoms with Crippen LogP contribution in [0.1, 0.15) is 142 Å². The first-order valence-corrected chi connectivity index (χ1v) is 13.1. The van der Waals surface area contributed by atoms with Gasteiger partial charge in [0.15, 0.2) is 0 Å². The number of hydrogen-bond donors (Lipinski definition) is 1. The van der Waals surface area contributed by atoms with Crippen LogP contribution < -0.4 is 5.73 Å². The van der Waals surface area contributed by atoms with Crippen molar-refractivity contribution >= 4 is 11.8 Å². The molecular formula is C26H50N2O2. The van der Waals surface area contributed by atoms with Crippen LogP contribution in [0.25, 0.3) is 0 Å². The molecule has 0 unspecified atom stereocenters. The van der Waals surface area contributed by atoms with E-state index in [1.165, 1.54) is 89.9 Å². The van der Waals surface area contributed by atoms with Crippen LogP contribution >= 0.6 is 0 Å². The number of primary amides is 1. The van der Waals surface area contributed by atoms with Crippen LogP contribution in [0.4, 0.5) is 0 Å². The smallest absolute Gasteiger partial charge is 0.223 e. The molecule has 0 aromatic carbocycles. The van der Waals surface area contributed by atoms with Crippen LogP contribution in [0.3, 0.4) is 0 Å². The van der Waals surface area contributed by atoms with Crippen molar-refractivity contribution in [1.82, 2.24) is 4.90 Å². The van der Waals surface area contributed by atoms with Gasteiger partial charge in [-0.3, -0.25) is 9.59 Å². The van der Waals surface area contributed by atoms with Gasteiger partial charge in [0.2, 0.25) is 11.8 Å². The van der Waals surface area contributed by atoms with Gasteiger partial charge in [0, 0.05) is 24.9 Å². The molecule has 4 heteroatoms. The molecule has 1 fully saturated rings. The lowest BCUT2D eigenvalue weighted by Gasteiger charge is -2.44. The van der Waals surface area contributed by atoms with E-state index in [0.717, 1.165) is 38.6 Å². The number of likely N-dealkylation sites (tertiary alicyclic amines) is 1. The normalized spacial score (nSPS) is 16.4. The standard InChI is InChI=1S/C26H50N2O2/c1-3-5-20-26(21-6-4-2)22-16-13-17-23-28(26)25(30)19-15-12-10-8-7-9-11-14-18-24(27)29/h3-23H2,1-2H3,(H2,27,29). The first-order chi connectivity index (χ1) is 14.6. The number of hydrogen-bond acceptors (Lipinski definition) is 2. The third-order valence-electron chi connectivity index (χ3n) is 6.95. The van der Waals surface area contributed by atoms with Crippen LogP contribution in [0.5, 0.6) is 0 Å². The molecule has 0 atom stereocenters. The summed E-state index contributed by atoms with van der Waals surface area (Å²) >= 11 is 0. The van der Waals surface area contributed by atoms with Gasteiger partial charge in [-0.1, -0.05) is 90.9 Å². The molecule has 0 spiro atoms. The Kier molecular flexibility index (Phi) is 14.9. The summed E-state index contributed by atoms with van der Waals surface area (Å²) in [6.07, 6.45) is 22.7. The molecule has 1 saturated heterocycles. The van der Waals surface area contributed by atoms with Gasteiger partial charge >= 0.3 is 0 Å². The Morgan fingerprint density at radius 2 is 1.27 bits per heavy atom. The second kappa shape index (κ2) is 16.6. The maximum atomic E-state index is 13.2. The number of amides is 2. The fourth-order valence-corrected chi connectivity index (χ4v) is 5.09. The summed E-state index contributed by atoms with van der Waals surface area (Å²) in [7, 11) is 0. The summed E-state index contributed by atoms with van der Waals surface area (Å²) in [5.74, 6) is 0.244. The number of carbonyl (C=O) groups is 2. The Hall–Kier alpha value is -1.06. The van der Waals surface area contributed by atoms with Gasteiger partial charge in [-0.05, 0) is 38.5 Å². The highest BCUT2D eigenvalue weighted by Crippen LogP contribution is 2.37. The van der Waals surface area contributed by atoms with E-state index in [4.69, 9.17) is 5.73 Å². The molecule has 2 N–H and O–H groups in total. The Morgan fingerprint density at radius 3 is 1.80 bits per heavy atom. The average Bonchev–Trinajstić information content (AvgIpc) is 2.94. The first-order valence-electron chi connectivity index (χ1n) is 13.1. The van der Waals surface area contributed by atoms with Gasteiger partial charge in [-0.15, -0.1) is 0 Å². The Bertz CT molecular complexity index is 456. The average molecular weight is 423 g/mol. The van der Waals surface area contributed by atoms with Crippen LogP contribution in [0.2, 0.25) is 0 Å². The molecule has 0 saturated carbocycles. The Morgan fingerprint density at radius 1 is 0.733 bits per heavy atom. The summed E-state index contributed by atoms with van der Waals surface area (Å²) in [5, 5.41) is 0. The lowest BCUT2D eigenvalue weighted by molar-refractivity contribution is -0.138. The molecule has 2 amide bonds. The lowest BCUT2D eigenvalue weighted by Crippen LogP contribution is -2.51. The minimum atomic E-state index is -0.183. The fraction of sp³-hybridized carbons (Fsp3) is 0.923. The predicted molar refractivity (Wildman–Crippen MR) is 127 cm³/mol. The molecule has 4 nitrogen and oxygen atoms in total. The molecule has 0 aromatic heterocycles. The molecular weight excluding hydrogens is 372 g/mol. The highest BCUT2D eigenvalue weighted by atomic mass is 16.2. The molecule has 30 heavy (non-hydrogen) atoms. The zero-order chi connectivity index (χ0) is 22.1. The van der Waals surface area contributed by atoms with Gasteiger partial charge in [0.1, 0.15) is 0 Å². The van der Waals surface area contributed by atoms with Crippen LogP contribution in [0, 0.1) is 0 Å². The maximum absolute atomic E-state index is 13.2. The molecule has 1 aliphatic heterocycles. The molecule has 1 heterocycles. The molecule has 0 radical (unpaired) electrons. The lowest BCUT2D eigenvalue weighted by atomic mass is 9.81. The highest BCUT2D eigenvalue weighted by Gasteiger charge is 2.38. The zero-order valence-electron chi connectivity index (χ0n) is 20.2. The largest absolute Gasteiger partial charge is 0.370 e. The van der Waals surface area contributed by atoms with Crippen molar-refractivity contribution in [3.8, 4) is 0 Å². The second-order valence-electron chi connectivity index (χ2n) is 9.58. The monoisotopic (exact) mass is 422 g/mol. The van der Waals surface area contributed by atoms with Crippen LogP contribution in [-0.4, -0.2) is 28.8 Å². The maximum Gasteiger partial charge on any atom is 0.223 e. The van der Waals surface area contributed by atoms with E-state index < -0.39 is 0 Å². The second-order valence-corrected chi connectivity index (χ2v) is 9.58. The van der Waals surface area contributed by atoms with E-state index in [0.29, 0.717) is 12.3 Å². The van der Waals surface area contributed by atoms with E-state index >= 15 is 0 Å². The predicted octanol–water partition coefficient (Wildman–Crippen LogP) is 6.89. The van der Waals surface area contributed by atoms with Crippen molar-refractivity contribution in [2.45, 2.75) is 148 Å². The molecule has 0 aliphatic carbocycles. The number of carbonyl (C=O) groups excluding carboxylic acids is 2. The van der Waals surface area contributed by atoms with Gasteiger partial charge in [-0.25, -0.2) is 0 Å². The molecule has 1 rings (SSSR count). The van der Waals surface area contributed by atoms with Crippen LogP contribution in [-0.2, 0) is 9.59 Å². The summed E-state index contributed by atoms with van der Waals surface area (Å²) in [4.78, 5) is 26.3. The van der Waals surface area contributed by atoms with E-state index in [1.807, 2.05) is 0 Å². The minimum absolute atomic E-state index is 0.143. The van der Waals surface area contributed by atoms with E-state index in [1.54, 1.807) is 0 Å². The SMILES string of the molecule is CCCCC1(CCCC)CCCCCN1C(=O)CCCCCCCCCCC(N)=O. The number of nitrogens with two attached hydrogens (primary N) is 1. The highest BCUT2D eigenvalue weighted by molar-refractivity contribution is 5.77. The minimum Gasteiger partial charge on any atom is -0.370 e. The van der Waals surface area contributed by atoms with Crippen molar-refractivity contribution in [2.24, 2.45) is 5.73 Å². The molecule has 0 bridgehead atoms. The Labute approximate surface area is 186 Å². The van der Waals surface area contributed by atoms with Gasteiger partial charge in [0.05, 0.1) is 0 Å². The van der Waals surface area contributed by atoms with E-state index in [2.05, 4.69) is 18.7 Å². The third-order valence-corrected chi connectivity index (χ3v) is 6.95. The molecule has 0 aromatic rings. The van der Waals surface area contributed by atoms with Gasteiger partial charge in [-0.2, -0.15) is 0 Å². The number of rotatable bonds is 17. The van der Waals surface area contributed by atoms with Crippen molar-refractivity contribution in [3.63, 3.8) is 0 Å². The van der Waals surface area contributed by atoms with Gasteiger partial charge < -0.3 is 10.6 Å². The Balaban J connectivity index is 2.37. The van der Waals surface area contributed by atoms with E-state index in [-0.39, 0.29) is 11.4 Å². The van der Waals surface area contributed by atoms with Crippen molar-refractivity contribution in [2.75, 3.05) is 6.54 Å². The number of unbranched alkanes of at least 4 members (excludes halogenated alkanes) is 9. The summed E-state index contributed by atoms with van der Waals surface area (Å²) in [5.41, 5.74) is 5.31. The summed E-state index contributed by atoms with van der Waals surface area (Å²) in [6.45, 7) is 5.53. The number of nitrogens with zero attached hydrogens (tertiary/aromatic N) is 1. The third kappa shape index (κ3) is 10.8. The van der Waals surface area contributed by atoms with E-state index in [9.17, 15) is 9.59 Å². The fourth-order valence-electron chi connectivity index (χ4n) is 5.09. The molecule has 1 aliphatic rings. The first kappa shape index (κ1) is 27.0. The molecule has 176 valence electrons. The summed E-state index contributed by atoms with van der Waals surface area (Å²) < 4.78 is 0. The topological polar surface area (TPSA) is 63.4 Å². The van der Waals surface area contributed by atoms with Crippen molar-refractivity contribution in [3.05, 3.63) is 0 Å². The van der Waals surface area contributed by atoms with Crippen molar-refractivity contribution in [1.29, 1.82) is 0 Å². The van der Waals surface area contributed by atoms with Crippen molar-refractivity contribution < 1.29 is 9.59 Å². The zero-order valence-corrected chi connectivity index (χ0v) is 20.2. The van der Waals surface area contributed by atoms with Gasteiger partial charge in [0.25, 0.3) is 0 Å². The quantitative estimate of drug-likeness (QED) is 0.259. The van der Waals surface area contributed by atoms with Crippen LogP contribution in [0.15, 0.2) is 0 Å². The summed E-state index contributed by atoms with van der Waals surface area (Å²) in [6, 6.07) is 0.